The van der Waals surface area contributed by atoms with Crippen LogP contribution in [0.25, 0.3) is 0 Å². The third-order valence-electron chi connectivity index (χ3n) is 4.37. The van der Waals surface area contributed by atoms with Gasteiger partial charge in [0.2, 0.25) is 0 Å². The Balaban J connectivity index is 0.000000234. The van der Waals surface area contributed by atoms with Crippen LogP contribution in [0, 0.1) is 10.1 Å². The number of anilines is 1. The number of nitrogen functional groups attached to an aromatic ring is 1. The first kappa shape index (κ1) is 26.1. The molecule has 2 atom stereocenters. The molecule has 7 nitrogen and oxygen atoms in total. The molecule has 0 amide bonds. The summed E-state index contributed by atoms with van der Waals surface area (Å²) < 4.78 is 10.8. The lowest BCUT2D eigenvalue weighted by Gasteiger charge is -2.25. The van der Waals surface area contributed by atoms with E-state index in [0.717, 1.165) is 17.7 Å². The van der Waals surface area contributed by atoms with Crippen LogP contribution < -0.4 is 10.9 Å². The highest BCUT2D eigenvalue weighted by molar-refractivity contribution is 8.01. The number of hydrogen-bond donors (Lipinski definition) is 2. The van der Waals surface area contributed by atoms with E-state index in [4.69, 9.17) is 10.9 Å². The normalized spacial score (nSPS) is 15.7. The predicted molar refractivity (Wildman–Crippen MR) is 128 cm³/mol. The smallest absolute Gasteiger partial charge is 0.293 e. The molecule has 2 unspecified atom stereocenters. The van der Waals surface area contributed by atoms with Crippen molar-refractivity contribution >= 4 is 34.1 Å². The Morgan fingerprint density at radius 2 is 1.87 bits per heavy atom. The number of nitro groups is 1. The monoisotopic (exact) mass is 452 g/mol. The maximum atomic E-state index is 10.8. The fourth-order valence-corrected chi connectivity index (χ4v) is 3.71. The van der Waals surface area contributed by atoms with Crippen molar-refractivity contribution in [2.24, 2.45) is 5.14 Å². The van der Waals surface area contributed by atoms with E-state index in [2.05, 4.69) is 61.9 Å². The van der Waals surface area contributed by atoms with Gasteiger partial charge >= 0.3 is 0 Å². The van der Waals surface area contributed by atoms with Crippen molar-refractivity contribution in [1.82, 2.24) is 4.90 Å². The predicted octanol–water partition coefficient (Wildman–Crippen LogP) is 3.85. The van der Waals surface area contributed by atoms with Crippen molar-refractivity contribution in [2.45, 2.75) is 36.3 Å². The topological polar surface area (TPSA) is 115 Å². The van der Waals surface area contributed by atoms with E-state index < -0.39 is 15.9 Å². The van der Waals surface area contributed by atoms with E-state index in [1.807, 2.05) is 6.07 Å². The summed E-state index contributed by atoms with van der Waals surface area (Å²) in [4.78, 5) is 12.2. The summed E-state index contributed by atoms with van der Waals surface area (Å²) >= 11 is 2.12. The third kappa shape index (κ3) is 10.2. The van der Waals surface area contributed by atoms with Crippen LogP contribution >= 0.6 is 11.8 Å². The summed E-state index contributed by atoms with van der Waals surface area (Å²) in [7, 11) is 2.56. The Kier molecular flexibility index (Phi) is 12.3. The number of aryl methyl sites for hydroxylation is 1. The summed E-state index contributed by atoms with van der Waals surface area (Å²) in [6.45, 7) is 3.42. The van der Waals surface area contributed by atoms with Crippen LogP contribution in [-0.2, 0) is 17.4 Å². The number of thioether (sulfide) groups is 1. The second-order valence-corrected chi connectivity index (χ2v) is 9.46. The van der Waals surface area contributed by atoms with E-state index >= 15 is 0 Å². The SMILES string of the molecule is CCc1ccccc1.CN(C)CCC1CCS1.Nc1ccc(S(N)=O)cc1[N+](=O)[O-]. The number of nitrogens with two attached hydrogens (primary N) is 2. The summed E-state index contributed by atoms with van der Waals surface area (Å²) in [5.74, 6) is 1.40. The van der Waals surface area contributed by atoms with Crippen LogP contribution in [0.4, 0.5) is 11.4 Å². The number of benzene rings is 2. The zero-order valence-corrected chi connectivity index (χ0v) is 19.5. The summed E-state index contributed by atoms with van der Waals surface area (Å²) in [6.07, 6.45) is 3.98. The molecule has 1 heterocycles. The Morgan fingerprint density at radius 1 is 1.23 bits per heavy atom. The van der Waals surface area contributed by atoms with Gasteiger partial charge in [-0.25, -0.2) is 9.35 Å². The molecule has 0 aromatic heterocycles. The summed E-state index contributed by atoms with van der Waals surface area (Å²) in [6, 6.07) is 14.2. The molecule has 1 aliphatic rings. The van der Waals surface area contributed by atoms with Crippen molar-refractivity contribution in [1.29, 1.82) is 0 Å². The minimum Gasteiger partial charge on any atom is -0.393 e. The van der Waals surface area contributed by atoms with E-state index in [0.29, 0.717) is 0 Å². The molecule has 0 aliphatic carbocycles. The average Bonchev–Trinajstić information content (AvgIpc) is 2.68. The molecule has 1 fully saturated rings. The van der Waals surface area contributed by atoms with Crippen LogP contribution in [0.2, 0.25) is 0 Å². The molecular weight excluding hydrogens is 420 g/mol. The van der Waals surface area contributed by atoms with Gasteiger partial charge in [-0.3, -0.25) is 10.1 Å². The molecule has 166 valence electrons. The first-order valence-corrected chi connectivity index (χ1v) is 12.0. The van der Waals surface area contributed by atoms with E-state index in [1.165, 1.54) is 42.8 Å². The van der Waals surface area contributed by atoms with Crippen molar-refractivity contribution in [3.05, 3.63) is 64.2 Å². The lowest BCUT2D eigenvalue weighted by Crippen LogP contribution is -2.22. The zero-order chi connectivity index (χ0) is 22.5. The van der Waals surface area contributed by atoms with Gasteiger partial charge in [-0.2, -0.15) is 11.8 Å². The van der Waals surface area contributed by atoms with Gasteiger partial charge in [-0.15, -0.1) is 0 Å². The second kappa shape index (κ2) is 14.1. The van der Waals surface area contributed by atoms with Crippen molar-refractivity contribution < 1.29 is 9.13 Å². The van der Waals surface area contributed by atoms with Crippen molar-refractivity contribution in [3.8, 4) is 0 Å². The molecule has 0 saturated carbocycles. The van der Waals surface area contributed by atoms with Crippen molar-refractivity contribution in [2.75, 3.05) is 32.1 Å². The maximum absolute atomic E-state index is 10.8. The van der Waals surface area contributed by atoms with E-state index in [9.17, 15) is 14.3 Å². The number of nitro benzene ring substituents is 1. The molecule has 2 aromatic rings. The largest absolute Gasteiger partial charge is 0.393 e. The molecule has 1 saturated heterocycles. The van der Waals surface area contributed by atoms with Crippen LogP contribution in [-0.4, -0.2) is 45.7 Å². The Hall–Kier alpha value is -1.94. The first-order chi connectivity index (χ1) is 14.2. The van der Waals surface area contributed by atoms with Crippen molar-refractivity contribution in [3.63, 3.8) is 0 Å². The number of hydrogen-bond acceptors (Lipinski definition) is 6. The Bertz CT molecular complexity index is 800. The molecular formula is C21H32N4O3S2. The van der Waals surface area contributed by atoms with Gasteiger partial charge in [0, 0.05) is 11.3 Å². The van der Waals surface area contributed by atoms with Crippen LogP contribution in [0.5, 0.6) is 0 Å². The van der Waals surface area contributed by atoms with E-state index in [-0.39, 0.29) is 16.3 Å². The zero-order valence-electron chi connectivity index (χ0n) is 17.8. The van der Waals surface area contributed by atoms with Gasteiger partial charge in [0.15, 0.2) is 0 Å². The van der Waals surface area contributed by atoms with E-state index in [1.54, 1.807) is 0 Å². The minimum atomic E-state index is -1.72. The Morgan fingerprint density at radius 3 is 2.27 bits per heavy atom. The number of rotatable bonds is 6. The average molecular weight is 453 g/mol. The highest BCUT2D eigenvalue weighted by Gasteiger charge is 2.17. The lowest BCUT2D eigenvalue weighted by atomic mass is 10.2. The second-order valence-electron chi connectivity index (χ2n) is 6.99. The number of nitrogens with zero attached hydrogens (tertiary/aromatic N) is 2. The molecule has 1 aliphatic heterocycles. The van der Waals surface area contributed by atoms with Gasteiger partial charge in [0.1, 0.15) is 16.7 Å². The quantitative estimate of drug-likeness (QED) is 0.391. The molecule has 9 heteroatoms. The van der Waals surface area contributed by atoms with Gasteiger partial charge < -0.3 is 10.6 Å². The van der Waals surface area contributed by atoms with Gasteiger partial charge in [-0.05, 0) is 63.4 Å². The Labute approximate surface area is 186 Å². The maximum Gasteiger partial charge on any atom is 0.293 e. The molecule has 0 spiro atoms. The molecule has 3 rings (SSSR count). The highest BCUT2D eigenvalue weighted by Crippen LogP contribution is 2.30. The minimum absolute atomic E-state index is 0.0270. The summed E-state index contributed by atoms with van der Waals surface area (Å²) in [5, 5.41) is 16.4. The van der Waals surface area contributed by atoms with Crippen LogP contribution in [0.3, 0.4) is 0 Å². The van der Waals surface area contributed by atoms with Gasteiger partial charge in [-0.1, -0.05) is 37.3 Å². The highest BCUT2D eigenvalue weighted by atomic mass is 32.2. The van der Waals surface area contributed by atoms with Crippen LogP contribution in [0.1, 0.15) is 25.3 Å². The standard InChI is InChI=1S/C8H10.C7H15NS.C6H7N3O3S/c1-2-8-6-4-3-5-7-8;1-8(2)5-3-7-4-6-9-7;7-5-2-1-4(13(8)12)3-6(5)9(10)11/h3-7H,2H2,1H3;7H,3-6H2,1-2H3;1-3H,7-8H2. The molecule has 2 aromatic carbocycles. The third-order valence-corrected chi connectivity index (χ3v) is 6.51. The molecule has 0 bridgehead atoms. The first-order valence-electron chi connectivity index (χ1n) is 9.74. The van der Waals surface area contributed by atoms with Gasteiger partial charge in [0.05, 0.1) is 9.82 Å². The lowest BCUT2D eigenvalue weighted by molar-refractivity contribution is -0.384. The van der Waals surface area contributed by atoms with Gasteiger partial charge in [0.25, 0.3) is 5.69 Å². The summed E-state index contributed by atoms with van der Waals surface area (Å²) in [5.41, 5.74) is 6.46. The molecule has 30 heavy (non-hydrogen) atoms. The van der Waals surface area contributed by atoms with Crippen LogP contribution in [0.15, 0.2) is 53.4 Å². The fourth-order valence-electron chi connectivity index (χ4n) is 2.43. The molecule has 4 N–H and O–H groups in total. The fraction of sp³-hybridized carbons (Fsp3) is 0.429. The molecule has 0 radical (unpaired) electrons.